The number of hydrogen-bond acceptors (Lipinski definition) is 3. The SMILES string of the molecule is OC=CCC1OCCCCO1. The van der Waals surface area contributed by atoms with Crippen molar-refractivity contribution in [3.8, 4) is 0 Å². The minimum Gasteiger partial charge on any atom is -0.516 e. The minimum absolute atomic E-state index is 0.152. The van der Waals surface area contributed by atoms with Crippen molar-refractivity contribution >= 4 is 0 Å². The van der Waals surface area contributed by atoms with E-state index in [1.807, 2.05) is 0 Å². The van der Waals surface area contributed by atoms with Crippen molar-refractivity contribution in [3.05, 3.63) is 12.3 Å². The molecule has 3 nitrogen and oxygen atoms in total. The van der Waals surface area contributed by atoms with Gasteiger partial charge < -0.3 is 14.6 Å². The van der Waals surface area contributed by atoms with Crippen LogP contribution in [-0.4, -0.2) is 24.6 Å². The van der Waals surface area contributed by atoms with Crippen LogP contribution in [0.15, 0.2) is 12.3 Å². The fraction of sp³-hybridized carbons (Fsp3) is 0.750. The third kappa shape index (κ3) is 3.39. The Kier molecular flexibility index (Phi) is 4.01. The van der Waals surface area contributed by atoms with Crippen LogP contribution in [0.4, 0.5) is 0 Å². The topological polar surface area (TPSA) is 38.7 Å². The van der Waals surface area contributed by atoms with E-state index in [1.54, 1.807) is 6.08 Å². The molecule has 1 saturated heterocycles. The summed E-state index contributed by atoms with van der Waals surface area (Å²) in [4.78, 5) is 0. The van der Waals surface area contributed by atoms with E-state index < -0.39 is 0 Å². The first-order chi connectivity index (χ1) is 5.43. The van der Waals surface area contributed by atoms with Gasteiger partial charge in [0.2, 0.25) is 0 Å². The smallest absolute Gasteiger partial charge is 0.161 e. The van der Waals surface area contributed by atoms with Crippen molar-refractivity contribution in [2.45, 2.75) is 25.6 Å². The fourth-order valence-electron chi connectivity index (χ4n) is 0.990. The molecule has 0 atom stereocenters. The Morgan fingerprint density at radius 2 is 1.91 bits per heavy atom. The van der Waals surface area contributed by atoms with Gasteiger partial charge in [-0.2, -0.15) is 0 Å². The van der Waals surface area contributed by atoms with E-state index in [0.29, 0.717) is 6.42 Å². The van der Waals surface area contributed by atoms with Crippen molar-refractivity contribution in [2.24, 2.45) is 0 Å². The van der Waals surface area contributed by atoms with Crippen LogP contribution in [-0.2, 0) is 9.47 Å². The highest BCUT2D eigenvalue weighted by atomic mass is 16.7. The third-order valence-corrected chi connectivity index (χ3v) is 1.58. The van der Waals surface area contributed by atoms with Crippen molar-refractivity contribution in [1.29, 1.82) is 0 Å². The molecule has 1 aliphatic rings. The van der Waals surface area contributed by atoms with Gasteiger partial charge in [-0.05, 0) is 18.9 Å². The van der Waals surface area contributed by atoms with E-state index in [4.69, 9.17) is 14.6 Å². The molecule has 1 fully saturated rings. The number of aliphatic hydroxyl groups is 1. The van der Waals surface area contributed by atoms with Crippen molar-refractivity contribution < 1.29 is 14.6 Å². The summed E-state index contributed by atoms with van der Waals surface area (Å²) in [6.45, 7) is 1.54. The molecule has 0 aromatic heterocycles. The van der Waals surface area contributed by atoms with Crippen LogP contribution < -0.4 is 0 Å². The molecule has 0 unspecified atom stereocenters. The van der Waals surface area contributed by atoms with E-state index in [-0.39, 0.29) is 6.29 Å². The normalized spacial score (nSPS) is 22.2. The Labute approximate surface area is 66.6 Å². The molecule has 11 heavy (non-hydrogen) atoms. The van der Waals surface area contributed by atoms with Gasteiger partial charge in [0.15, 0.2) is 6.29 Å². The van der Waals surface area contributed by atoms with E-state index in [0.717, 1.165) is 32.3 Å². The number of ether oxygens (including phenoxy) is 2. The molecule has 1 rings (SSSR count). The maximum Gasteiger partial charge on any atom is 0.161 e. The molecular weight excluding hydrogens is 144 g/mol. The Bertz CT molecular complexity index is 115. The molecule has 0 bridgehead atoms. The van der Waals surface area contributed by atoms with Gasteiger partial charge in [-0.25, -0.2) is 0 Å². The predicted octanol–water partition coefficient (Wildman–Crippen LogP) is 1.60. The number of rotatable bonds is 2. The zero-order valence-corrected chi connectivity index (χ0v) is 6.53. The molecule has 3 heteroatoms. The van der Waals surface area contributed by atoms with E-state index in [1.165, 1.54) is 0 Å². The maximum absolute atomic E-state index is 8.38. The van der Waals surface area contributed by atoms with Gasteiger partial charge in [0.25, 0.3) is 0 Å². The molecule has 0 aliphatic carbocycles. The Morgan fingerprint density at radius 1 is 1.27 bits per heavy atom. The number of hydrogen-bond donors (Lipinski definition) is 1. The van der Waals surface area contributed by atoms with E-state index >= 15 is 0 Å². The summed E-state index contributed by atoms with van der Waals surface area (Å²) in [5.41, 5.74) is 0. The zero-order chi connectivity index (χ0) is 7.94. The highest BCUT2D eigenvalue weighted by Gasteiger charge is 2.10. The Hall–Kier alpha value is -0.540. The van der Waals surface area contributed by atoms with E-state index in [9.17, 15) is 0 Å². The van der Waals surface area contributed by atoms with Gasteiger partial charge in [0, 0.05) is 19.6 Å². The fourth-order valence-corrected chi connectivity index (χ4v) is 0.990. The molecule has 1 aliphatic heterocycles. The van der Waals surface area contributed by atoms with Gasteiger partial charge >= 0.3 is 0 Å². The average Bonchev–Trinajstić information content (AvgIpc) is 2.28. The van der Waals surface area contributed by atoms with Gasteiger partial charge in [-0.3, -0.25) is 0 Å². The first-order valence-corrected chi connectivity index (χ1v) is 3.96. The lowest BCUT2D eigenvalue weighted by atomic mass is 10.3. The average molecular weight is 158 g/mol. The summed E-state index contributed by atoms with van der Waals surface area (Å²) in [6, 6.07) is 0. The van der Waals surface area contributed by atoms with Crippen molar-refractivity contribution in [3.63, 3.8) is 0 Å². The van der Waals surface area contributed by atoms with Crippen LogP contribution in [0, 0.1) is 0 Å². The van der Waals surface area contributed by atoms with Gasteiger partial charge in [0.1, 0.15) is 0 Å². The molecule has 0 saturated carbocycles. The van der Waals surface area contributed by atoms with Gasteiger partial charge in [0.05, 0.1) is 6.26 Å². The van der Waals surface area contributed by atoms with Crippen LogP contribution in [0.5, 0.6) is 0 Å². The first kappa shape index (κ1) is 8.56. The Morgan fingerprint density at radius 3 is 2.45 bits per heavy atom. The molecule has 0 radical (unpaired) electrons. The third-order valence-electron chi connectivity index (χ3n) is 1.58. The highest BCUT2D eigenvalue weighted by molar-refractivity contribution is 4.73. The van der Waals surface area contributed by atoms with E-state index in [2.05, 4.69) is 0 Å². The van der Waals surface area contributed by atoms with Crippen LogP contribution >= 0.6 is 0 Å². The van der Waals surface area contributed by atoms with Gasteiger partial charge in [-0.1, -0.05) is 0 Å². The lowest BCUT2D eigenvalue weighted by molar-refractivity contribution is -0.123. The second-order valence-corrected chi connectivity index (χ2v) is 2.50. The summed E-state index contributed by atoms with van der Waals surface area (Å²) in [5, 5.41) is 8.38. The highest BCUT2D eigenvalue weighted by Crippen LogP contribution is 2.08. The summed E-state index contributed by atoms with van der Waals surface area (Å²) < 4.78 is 10.6. The molecule has 0 spiro atoms. The summed E-state index contributed by atoms with van der Waals surface area (Å²) >= 11 is 0. The minimum atomic E-state index is -0.152. The quantitative estimate of drug-likeness (QED) is 0.620. The van der Waals surface area contributed by atoms with Crippen LogP contribution in [0.25, 0.3) is 0 Å². The van der Waals surface area contributed by atoms with Crippen molar-refractivity contribution in [2.75, 3.05) is 13.2 Å². The first-order valence-electron chi connectivity index (χ1n) is 3.96. The van der Waals surface area contributed by atoms with Crippen molar-refractivity contribution in [1.82, 2.24) is 0 Å². The second-order valence-electron chi connectivity index (χ2n) is 2.50. The van der Waals surface area contributed by atoms with Gasteiger partial charge in [-0.15, -0.1) is 0 Å². The maximum atomic E-state index is 8.38. The lowest BCUT2D eigenvalue weighted by Gasteiger charge is -2.12. The standard InChI is InChI=1S/C8H14O3/c9-5-3-4-8-10-6-1-2-7-11-8/h3,5,8-9H,1-2,4,6-7H2. The summed E-state index contributed by atoms with van der Waals surface area (Å²) in [7, 11) is 0. The molecule has 1 N–H and O–H groups in total. The largest absolute Gasteiger partial charge is 0.516 e. The Balaban J connectivity index is 2.19. The number of aliphatic hydroxyl groups excluding tert-OH is 1. The van der Waals surface area contributed by atoms with Crippen LogP contribution in [0.3, 0.4) is 0 Å². The lowest BCUT2D eigenvalue weighted by Crippen LogP contribution is -2.14. The van der Waals surface area contributed by atoms with Crippen LogP contribution in [0.2, 0.25) is 0 Å². The zero-order valence-electron chi connectivity index (χ0n) is 6.53. The predicted molar refractivity (Wildman–Crippen MR) is 41.3 cm³/mol. The second kappa shape index (κ2) is 5.16. The summed E-state index contributed by atoms with van der Waals surface area (Å²) in [5.74, 6) is 0. The molecule has 0 aromatic rings. The molecular formula is C8H14O3. The monoisotopic (exact) mass is 158 g/mol. The molecule has 64 valence electrons. The molecule has 1 heterocycles. The van der Waals surface area contributed by atoms with Crippen LogP contribution in [0.1, 0.15) is 19.3 Å². The molecule has 0 amide bonds. The summed E-state index contributed by atoms with van der Waals surface area (Å²) in [6.07, 6.45) is 5.28. The molecule has 0 aromatic carbocycles.